The Labute approximate surface area is 162 Å². The van der Waals surface area contributed by atoms with Gasteiger partial charge in [-0.2, -0.15) is 0 Å². The fraction of sp³-hybridized carbons (Fsp3) is 1.00. The molecule has 0 saturated heterocycles. The Hall–Kier alpha value is -0.160. The predicted octanol–water partition coefficient (Wildman–Crippen LogP) is 5.24. The predicted molar refractivity (Wildman–Crippen MR) is 110 cm³/mol. The van der Waals surface area contributed by atoms with Gasteiger partial charge < -0.3 is 19.7 Å². The summed E-state index contributed by atoms with van der Waals surface area (Å²) in [5.41, 5.74) is 0. The van der Waals surface area contributed by atoms with Gasteiger partial charge in [0.2, 0.25) is 0 Å². The molecule has 0 rings (SSSR count). The summed E-state index contributed by atoms with van der Waals surface area (Å²) in [7, 11) is 0. The lowest BCUT2D eigenvalue weighted by Crippen LogP contribution is -2.26. The number of ether oxygens (including phenoxy) is 2. The monoisotopic (exact) mass is 374 g/mol. The van der Waals surface area contributed by atoms with Crippen LogP contribution < -0.4 is 0 Å². The Morgan fingerprint density at radius 2 is 1.12 bits per heavy atom. The van der Waals surface area contributed by atoms with Gasteiger partial charge in [-0.25, -0.2) is 0 Å². The third-order valence-corrected chi connectivity index (χ3v) is 4.84. The summed E-state index contributed by atoms with van der Waals surface area (Å²) in [4.78, 5) is 0. The molecule has 0 radical (unpaired) electrons. The number of hydrogen-bond acceptors (Lipinski definition) is 4. The van der Waals surface area contributed by atoms with Crippen LogP contribution in [0.15, 0.2) is 0 Å². The second-order valence-corrected chi connectivity index (χ2v) is 7.80. The molecule has 4 nitrogen and oxygen atoms in total. The summed E-state index contributed by atoms with van der Waals surface area (Å²) in [5, 5.41) is 18.9. The van der Waals surface area contributed by atoms with Crippen molar-refractivity contribution < 1.29 is 19.7 Å². The van der Waals surface area contributed by atoms with Gasteiger partial charge in [0.15, 0.2) is 0 Å². The van der Waals surface area contributed by atoms with E-state index >= 15 is 0 Å². The minimum absolute atomic E-state index is 0.0221. The van der Waals surface area contributed by atoms with Gasteiger partial charge in [0.25, 0.3) is 0 Å². The molecule has 0 aromatic heterocycles. The highest BCUT2D eigenvalue weighted by atomic mass is 16.5. The Bertz CT molecular complexity index is 273. The third kappa shape index (κ3) is 18.6. The smallest absolute Gasteiger partial charge is 0.0781 e. The molecular weight excluding hydrogens is 328 g/mol. The first-order valence-electron chi connectivity index (χ1n) is 11.1. The van der Waals surface area contributed by atoms with Crippen LogP contribution in [0.1, 0.15) is 104 Å². The first-order valence-corrected chi connectivity index (χ1v) is 11.1. The molecular formula is C22H46O4. The Morgan fingerprint density at radius 1 is 0.654 bits per heavy atom. The fourth-order valence-corrected chi connectivity index (χ4v) is 2.98. The maximum Gasteiger partial charge on any atom is 0.0781 e. The van der Waals surface area contributed by atoms with Crippen LogP contribution in [-0.2, 0) is 9.47 Å². The summed E-state index contributed by atoms with van der Waals surface area (Å²) < 4.78 is 11.0. The van der Waals surface area contributed by atoms with E-state index in [0.29, 0.717) is 13.2 Å². The number of aliphatic hydroxyl groups is 2. The third-order valence-electron chi connectivity index (χ3n) is 4.84. The van der Waals surface area contributed by atoms with E-state index < -0.39 is 0 Å². The molecule has 3 atom stereocenters. The van der Waals surface area contributed by atoms with Gasteiger partial charge >= 0.3 is 0 Å². The van der Waals surface area contributed by atoms with E-state index in [-0.39, 0.29) is 24.9 Å². The molecule has 0 heterocycles. The van der Waals surface area contributed by atoms with Crippen LogP contribution in [0.4, 0.5) is 0 Å². The van der Waals surface area contributed by atoms with Gasteiger partial charge in [0, 0.05) is 0 Å². The molecule has 3 unspecified atom stereocenters. The highest BCUT2D eigenvalue weighted by Gasteiger charge is 2.10. The van der Waals surface area contributed by atoms with Crippen molar-refractivity contribution in [2.45, 2.75) is 123 Å². The Morgan fingerprint density at radius 3 is 1.62 bits per heavy atom. The lowest BCUT2D eigenvalue weighted by molar-refractivity contribution is -0.0657. The first-order chi connectivity index (χ1) is 12.6. The van der Waals surface area contributed by atoms with E-state index in [0.717, 1.165) is 12.8 Å². The normalized spacial score (nSPS) is 15.1. The number of aliphatic hydroxyl groups excluding tert-OH is 2. The van der Waals surface area contributed by atoms with Crippen molar-refractivity contribution in [1.29, 1.82) is 0 Å². The van der Waals surface area contributed by atoms with E-state index in [1.54, 1.807) is 0 Å². The van der Waals surface area contributed by atoms with Crippen LogP contribution in [-0.4, -0.2) is 48.3 Å². The Kier molecular flexibility index (Phi) is 19.5. The summed E-state index contributed by atoms with van der Waals surface area (Å²) in [6.45, 7) is 6.87. The van der Waals surface area contributed by atoms with Gasteiger partial charge in [0.1, 0.15) is 0 Å². The summed E-state index contributed by atoms with van der Waals surface area (Å²) in [5.74, 6) is 0. The quantitative estimate of drug-likeness (QED) is 0.286. The number of rotatable bonds is 20. The van der Waals surface area contributed by atoms with Crippen molar-refractivity contribution >= 4 is 0 Å². The average Bonchev–Trinajstić information content (AvgIpc) is 2.65. The van der Waals surface area contributed by atoms with Crippen LogP contribution >= 0.6 is 0 Å². The van der Waals surface area contributed by atoms with Crippen LogP contribution in [0.5, 0.6) is 0 Å². The van der Waals surface area contributed by atoms with E-state index in [4.69, 9.17) is 14.6 Å². The van der Waals surface area contributed by atoms with Gasteiger partial charge in [-0.1, -0.05) is 84.0 Å². The molecule has 0 fully saturated rings. The zero-order chi connectivity index (χ0) is 19.5. The molecule has 0 saturated carbocycles. The van der Waals surface area contributed by atoms with Crippen molar-refractivity contribution in [3.8, 4) is 0 Å². The standard InChI is InChI=1S/C22H46O4/c1-4-5-6-7-8-9-10-11-12-13-14-15-16-22(24)19-26-21(3)18-25-20(2)17-23/h20-24H,4-19H2,1-3H3. The fourth-order valence-electron chi connectivity index (χ4n) is 2.98. The molecule has 0 spiro atoms. The zero-order valence-corrected chi connectivity index (χ0v) is 17.8. The molecule has 0 bridgehead atoms. The maximum absolute atomic E-state index is 9.98. The highest BCUT2D eigenvalue weighted by molar-refractivity contribution is 4.58. The molecule has 0 amide bonds. The molecule has 0 aliphatic heterocycles. The van der Waals surface area contributed by atoms with E-state index in [9.17, 15) is 5.11 Å². The van der Waals surface area contributed by atoms with Crippen molar-refractivity contribution in [3.05, 3.63) is 0 Å². The minimum Gasteiger partial charge on any atom is -0.394 e. The average molecular weight is 375 g/mol. The Balaban J connectivity index is 3.29. The summed E-state index contributed by atoms with van der Waals surface area (Å²) in [6.07, 6.45) is 16.2. The SMILES string of the molecule is CCCCCCCCCCCCCCC(O)COC(C)COC(C)CO. The molecule has 0 aromatic carbocycles. The first kappa shape index (κ1) is 25.8. The van der Waals surface area contributed by atoms with Crippen molar-refractivity contribution in [3.63, 3.8) is 0 Å². The van der Waals surface area contributed by atoms with Gasteiger partial charge in [-0.15, -0.1) is 0 Å². The molecule has 4 heteroatoms. The van der Waals surface area contributed by atoms with Gasteiger partial charge in [0.05, 0.1) is 38.1 Å². The van der Waals surface area contributed by atoms with Gasteiger partial charge in [-0.3, -0.25) is 0 Å². The van der Waals surface area contributed by atoms with E-state index in [1.165, 1.54) is 70.6 Å². The highest BCUT2D eigenvalue weighted by Crippen LogP contribution is 2.13. The molecule has 26 heavy (non-hydrogen) atoms. The number of hydrogen-bond donors (Lipinski definition) is 2. The van der Waals surface area contributed by atoms with Crippen LogP contribution in [0.2, 0.25) is 0 Å². The molecule has 2 N–H and O–H groups in total. The van der Waals surface area contributed by atoms with Crippen molar-refractivity contribution in [2.75, 3.05) is 19.8 Å². The summed E-state index contributed by atoms with van der Waals surface area (Å²) in [6, 6.07) is 0. The maximum atomic E-state index is 9.98. The lowest BCUT2D eigenvalue weighted by Gasteiger charge is -2.18. The van der Waals surface area contributed by atoms with Crippen LogP contribution in [0.3, 0.4) is 0 Å². The second-order valence-electron chi connectivity index (χ2n) is 7.80. The minimum atomic E-state index is -0.379. The molecule has 0 aliphatic carbocycles. The number of unbranched alkanes of at least 4 members (excludes halogenated alkanes) is 11. The zero-order valence-electron chi connectivity index (χ0n) is 17.8. The van der Waals surface area contributed by atoms with E-state index in [1.807, 2.05) is 13.8 Å². The van der Waals surface area contributed by atoms with Crippen molar-refractivity contribution in [1.82, 2.24) is 0 Å². The van der Waals surface area contributed by atoms with Crippen molar-refractivity contribution in [2.24, 2.45) is 0 Å². The largest absolute Gasteiger partial charge is 0.394 e. The van der Waals surface area contributed by atoms with E-state index in [2.05, 4.69) is 6.92 Å². The van der Waals surface area contributed by atoms with Crippen LogP contribution in [0, 0.1) is 0 Å². The second kappa shape index (κ2) is 19.6. The summed E-state index contributed by atoms with van der Waals surface area (Å²) >= 11 is 0. The van der Waals surface area contributed by atoms with Crippen LogP contribution in [0.25, 0.3) is 0 Å². The van der Waals surface area contributed by atoms with Gasteiger partial charge in [-0.05, 0) is 20.3 Å². The topological polar surface area (TPSA) is 58.9 Å². The molecule has 0 aromatic rings. The molecule has 0 aliphatic rings. The molecule has 158 valence electrons. The lowest BCUT2D eigenvalue weighted by atomic mass is 10.0.